The Morgan fingerprint density at radius 3 is 2.18 bits per heavy atom. The molecule has 1 fully saturated rings. The zero-order chi connectivity index (χ0) is 27.0. The maximum absolute atomic E-state index is 9.94. The van der Waals surface area contributed by atoms with E-state index in [1.807, 2.05) is 109 Å². The molecule has 4 aromatic carbocycles. The molecule has 1 aliphatic heterocycles. The number of ether oxygens (including phenoxy) is 4. The quantitative estimate of drug-likeness (QED) is 0.188. The predicted octanol–water partition coefficient (Wildman–Crippen LogP) is 7.14. The Labute approximate surface area is 228 Å². The third kappa shape index (κ3) is 6.13. The fourth-order valence-corrected chi connectivity index (χ4v) is 4.35. The van der Waals surface area contributed by atoms with Crippen LogP contribution in [0.1, 0.15) is 22.3 Å². The van der Waals surface area contributed by atoms with Crippen LogP contribution in [0.15, 0.2) is 120 Å². The highest BCUT2D eigenvalue weighted by atomic mass is 16.5. The number of hydrogen-bond acceptors (Lipinski definition) is 6. The fraction of sp³-hybridized carbons (Fsp3) is 0.121. The molecule has 0 bridgehead atoms. The normalized spacial score (nSPS) is 15.8. The van der Waals surface area contributed by atoms with Crippen molar-refractivity contribution in [2.75, 3.05) is 14.2 Å². The number of oxime groups is 1. The van der Waals surface area contributed by atoms with E-state index in [9.17, 15) is 5.21 Å². The minimum Gasteiger partial charge on any atom is -0.497 e. The van der Waals surface area contributed by atoms with E-state index in [4.69, 9.17) is 18.9 Å². The summed E-state index contributed by atoms with van der Waals surface area (Å²) >= 11 is 0. The number of rotatable bonds is 9. The summed E-state index contributed by atoms with van der Waals surface area (Å²) in [6.45, 7) is 0.487. The van der Waals surface area contributed by atoms with Crippen LogP contribution in [0.5, 0.6) is 17.2 Å². The van der Waals surface area contributed by atoms with Gasteiger partial charge in [-0.3, -0.25) is 0 Å². The van der Waals surface area contributed by atoms with Crippen LogP contribution >= 0.6 is 0 Å². The van der Waals surface area contributed by atoms with Gasteiger partial charge < -0.3 is 24.2 Å². The lowest BCUT2D eigenvalue weighted by Crippen LogP contribution is -2.25. The van der Waals surface area contributed by atoms with E-state index in [-0.39, 0.29) is 0 Å². The van der Waals surface area contributed by atoms with E-state index < -0.39 is 0 Å². The molecule has 1 heterocycles. The Bertz CT molecular complexity index is 1520. The van der Waals surface area contributed by atoms with Gasteiger partial charge in [-0.1, -0.05) is 71.9 Å². The molecule has 0 aliphatic carbocycles. The molecule has 39 heavy (non-hydrogen) atoms. The molecule has 0 spiro atoms. The molecule has 1 aliphatic rings. The van der Waals surface area contributed by atoms with Gasteiger partial charge in [-0.15, -0.1) is 0 Å². The van der Waals surface area contributed by atoms with Crippen LogP contribution < -0.4 is 14.2 Å². The van der Waals surface area contributed by atoms with Crippen LogP contribution in [-0.4, -0.2) is 25.1 Å². The molecule has 0 radical (unpaired) electrons. The van der Waals surface area contributed by atoms with Gasteiger partial charge in [0.2, 0.25) is 0 Å². The molecule has 0 unspecified atom stereocenters. The van der Waals surface area contributed by atoms with Crippen molar-refractivity contribution in [3.05, 3.63) is 137 Å². The molecule has 0 amide bonds. The van der Waals surface area contributed by atoms with Gasteiger partial charge >= 0.3 is 0 Å². The summed E-state index contributed by atoms with van der Waals surface area (Å²) in [5, 5.41) is 13.5. The highest BCUT2D eigenvalue weighted by Crippen LogP contribution is 2.37. The van der Waals surface area contributed by atoms with Crippen LogP contribution in [0.4, 0.5) is 0 Å². The lowest BCUT2D eigenvalue weighted by atomic mass is 9.92. The molecule has 1 N–H and O–H groups in total. The van der Waals surface area contributed by atoms with Gasteiger partial charge in [-0.05, 0) is 64.7 Å². The number of benzene rings is 4. The van der Waals surface area contributed by atoms with Crippen LogP contribution in [0, 0.1) is 0 Å². The Morgan fingerprint density at radius 2 is 1.46 bits per heavy atom. The van der Waals surface area contributed by atoms with E-state index in [1.54, 1.807) is 14.2 Å². The first kappa shape index (κ1) is 25.7. The number of nitrogens with zero attached hydrogens (tertiary/aromatic N) is 1. The van der Waals surface area contributed by atoms with Gasteiger partial charge in [-0.25, -0.2) is 0 Å². The second-order valence-corrected chi connectivity index (χ2v) is 8.97. The number of methoxy groups -OCH3 is 2. The average molecular weight is 520 g/mol. The SMILES string of the molecule is COc1cccc(\C=C2/OC(=C(/Cc3cccc(OC)c3)c3ccc(OCc4ccccc4)cc3)/C2=N/O)c1. The largest absolute Gasteiger partial charge is 0.497 e. The van der Waals surface area contributed by atoms with Gasteiger partial charge in [0.25, 0.3) is 0 Å². The first-order valence-electron chi connectivity index (χ1n) is 12.6. The van der Waals surface area contributed by atoms with Crippen molar-refractivity contribution in [2.24, 2.45) is 5.16 Å². The van der Waals surface area contributed by atoms with Crippen LogP contribution in [0.2, 0.25) is 0 Å². The van der Waals surface area contributed by atoms with E-state index in [2.05, 4.69) is 5.16 Å². The maximum atomic E-state index is 9.94. The molecule has 4 aromatic rings. The summed E-state index contributed by atoms with van der Waals surface area (Å²) in [6, 6.07) is 33.4. The first-order valence-corrected chi connectivity index (χ1v) is 12.6. The van der Waals surface area contributed by atoms with Crippen molar-refractivity contribution in [1.29, 1.82) is 0 Å². The summed E-state index contributed by atoms with van der Waals surface area (Å²) in [5.74, 6) is 3.26. The molecule has 0 aromatic heterocycles. The maximum Gasteiger partial charge on any atom is 0.187 e. The predicted molar refractivity (Wildman–Crippen MR) is 152 cm³/mol. The molecule has 6 nitrogen and oxygen atoms in total. The van der Waals surface area contributed by atoms with Gasteiger partial charge in [0.1, 0.15) is 23.9 Å². The van der Waals surface area contributed by atoms with Crippen molar-refractivity contribution in [3.8, 4) is 17.2 Å². The van der Waals surface area contributed by atoms with Gasteiger partial charge in [-0.2, -0.15) is 0 Å². The summed E-state index contributed by atoms with van der Waals surface area (Å²) in [6.07, 6.45) is 2.37. The zero-order valence-electron chi connectivity index (χ0n) is 21.8. The molecule has 0 saturated carbocycles. The topological polar surface area (TPSA) is 69.5 Å². The van der Waals surface area contributed by atoms with Crippen molar-refractivity contribution < 1.29 is 24.2 Å². The lowest BCUT2D eigenvalue weighted by Gasteiger charge is -2.27. The molecular weight excluding hydrogens is 490 g/mol. The van der Waals surface area contributed by atoms with Gasteiger partial charge in [0, 0.05) is 12.0 Å². The summed E-state index contributed by atoms with van der Waals surface area (Å²) in [5.41, 5.74) is 5.21. The minimum atomic E-state index is 0.389. The molecule has 5 rings (SSSR count). The number of allylic oxidation sites excluding steroid dienone is 1. The average Bonchev–Trinajstić information content (AvgIpc) is 2.98. The lowest BCUT2D eigenvalue weighted by molar-refractivity contribution is 0.276. The van der Waals surface area contributed by atoms with Crippen molar-refractivity contribution >= 4 is 17.4 Å². The van der Waals surface area contributed by atoms with Crippen LogP contribution in [-0.2, 0) is 17.8 Å². The third-order valence-electron chi connectivity index (χ3n) is 6.39. The molecular formula is C33H29NO5. The van der Waals surface area contributed by atoms with Crippen molar-refractivity contribution in [2.45, 2.75) is 13.0 Å². The standard InChI is InChI=1S/C33H29NO5/c1-36-28-12-6-10-24(18-28)20-30(26-14-16-27(17-15-26)38-22-23-8-4-3-5-9-23)33-32(34-35)31(39-33)21-25-11-7-13-29(19-25)37-2/h3-19,21,35H,20,22H2,1-2H3/b31-21-,33-30-,34-32+. The Balaban J connectivity index is 1.45. The smallest absolute Gasteiger partial charge is 0.187 e. The van der Waals surface area contributed by atoms with E-state index in [0.29, 0.717) is 30.3 Å². The summed E-state index contributed by atoms with van der Waals surface area (Å²) < 4.78 is 22.9. The van der Waals surface area contributed by atoms with E-state index in [1.165, 1.54) is 0 Å². The van der Waals surface area contributed by atoms with Gasteiger partial charge in [0.05, 0.1) is 14.2 Å². The van der Waals surface area contributed by atoms with Crippen molar-refractivity contribution in [1.82, 2.24) is 0 Å². The molecule has 196 valence electrons. The van der Waals surface area contributed by atoms with Crippen molar-refractivity contribution in [3.63, 3.8) is 0 Å². The van der Waals surface area contributed by atoms with E-state index >= 15 is 0 Å². The van der Waals surface area contributed by atoms with Crippen LogP contribution in [0.3, 0.4) is 0 Å². The van der Waals surface area contributed by atoms with Gasteiger partial charge in [0.15, 0.2) is 17.2 Å². The molecule has 1 saturated heterocycles. The Kier molecular flexibility index (Phi) is 7.93. The monoisotopic (exact) mass is 519 g/mol. The Morgan fingerprint density at radius 1 is 0.769 bits per heavy atom. The highest BCUT2D eigenvalue weighted by molar-refractivity contribution is 6.20. The molecule has 6 heteroatoms. The highest BCUT2D eigenvalue weighted by Gasteiger charge is 2.33. The Hall–Kier alpha value is -4.97. The molecule has 0 atom stereocenters. The second kappa shape index (κ2) is 12.0. The fourth-order valence-electron chi connectivity index (χ4n) is 4.35. The second-order valence-electron chi connectivity index (χ2n) is 8.97. The minimum absolute atomic E-state index is 0.389. The zero-order valence-corrected chi connectivity index (χ0v) is 21.8. The summed E-state index contributed by atoms with van der Waals surface area (Å²) in [7, 11) is 3.27. The first-order chi connectivity index (χ1) is 19.2. The number of hydrogen-bond donors (Lipinski definition) is 1. The summed E-state index contributed by atoms with van der Waals surface area (Å²) in [4.78, 5) is 0. The third-order valence-corrected chi connectivity index (χ3v) is 6.39. The van der Waals surface area contributed by atoms with E-state index in [0.717, 1.165) is 45.1 Å². The van der Waals surface area contributed by atoms with Crippen LogP contribution in [0.25, 0.3) is 11.6 Å².